The number of aryl methyl sites for hydroxylation is 1. The van der Waals surface area contributed by atoms with E-state index in [2.05, 4.69) is 55.8 Å². The van der Waals surface area contributed by atoms with Crippen LogP contribution in [0, 0.1) is 6.92 Å². The van der Waals surface area contributed by atoms with Gasteiger partial charge >= 0.3 is 5.97 Å². The molecule has 0 aromatic heterocycles. The first-order valence-corrected chi connectivity index (χ1v) is 9.52. The van der Waals surface area contributed by atoms with Crippen LogP contribution in [0.2, 0.25) is 0 Å². The second-order valence-electron chi connectivity index (χ2n) is 8.04. The first-order valence-electron chi connectivity index (χ1n) is 9.52. The molecule has 0 saturated heterocycles. The number of nitrogens with zero attached hydrogens (tertiary/aromatic N) is 2. The van der Waals surface area contributed by atoms with Gasteiger partial charge in [0.05, 0.1) is 11.3 Å². The number of benzene rings is 2. The van der Waals surface area contributed by atoms with Crippen LogP contribution in [0.4, 0.5) is 11.4 Å². The van der Waals surface area contributed by atoms with Crippen LogP contribution in [0.25, 0.3) is 0 Å². The highest BCUT2D eigenvalue weighted by Crippen LogP contribution is 2.43. The molecule has 0 bridgehead atoms. The molecule has 1 aliphatic rings. The third-order valence-corrected chi connectivity index (χ3v) is 5.53. The molecule has 0 amide bonds. The summed E-state index contributed by atoms with van der Waals surface area (Å²) in [6.45, 7) is 12.0. The number of hydrogen-bond acceptors (Lipinski definition) is 3. The SMILES string of the molecule is CCN1c2ccc(C=Nc3cc(C(=O)O)ccc3C)cc2C(C)CC1(C)C. The summed E-state index contributed by atoms with van der Waals surface area (Å²) in [5, 5.41) is 9.18. The smallest absolute Gasteiger partial charge is 0.335 e. The second-order valence-corrected chi connectivity index (χ2v) is 8.04. The number of aliphatic imine (C=N–C) groups is 1. The number of rotatable bonds is 4. The standard InChI is InChI=1S/C23H28N2O2/c1-6-25-21-10-8-17(11-19(21)16(3)13-23(25,4)5)14-24-20-12-18(22(26)27)9-7-15(20)2/h7-12,14,16H,6,13H2,1-5H3,(H,26,27). The Morgan fingerprint density at radius 3 is 2.70 bits per heavy atom. The summed E-state index contributed by atoms with van der Waals surface area (Å²) in [6, 6.07) is 11.5. The number of anilines is 1. The summed E-state index contributed by atoms with van der Waals surface area (Å²) in [7, 11) is 0. The number of aromatic carboxylic acids is 1. The van der Waals surface area contributed by atoms with E-state index in [1.165, 1.54) is 11.3 Å². The van der Waals surface area contributed by atoms with E-state index >= 15 is 0 Å². The molecule has 4 heteroatoms. The molecule has 1 N–H and O–H groups in total. The fourth-order valence-electron chi connectivity index (χ4n) is 4.21. The van der Waals surface area contributed by atoms with Gasteiger partial charge in [0.15, 0.2) is 0 Å². The highest BCUT2D eigenvalue weighted by atomic mass is 16.4. The van der Waals surface area contributed by atoms with Crippen LogP contribution in [0.15, 0.2) is 41.4 Å². The Balaban J connectivity index is 1.95. The molecular formula is C23H28N2O2. The summed E-state index contributed by atoms with van der Waals surface area (Å²) in [4.78, 5) is 18.2. The zero-order valence-corrected chi connectivity index (χ0v) is 16.8. The van der Waals surface area contributed by atoms with Gasteiger partial charge in [-0.05, 0) is 81.0 Å². The zero-order chi connectivity index (χ0) is 19.8. The number of hydrogen-bond donors (Lipinski definition) is 1. The molecule has 0 radical (unpaired) electrons. The summed E-state index contributed by atoms with van der Waals surface area (Å²) in [5.74, 6) is -0.445. The quantitative estimate of drug-likeness (QED) is 0.723. The van der Waals surface area contributed by atoms with Crippen molar-refractivity contribution in [3.63, 3.8) is 0 Å². The lowest BCUT2D eigenvalue weighted by atomic mass is 9.79. The number of carbonyl (C=O) groups is 1. The van der Waals surface area contributed by atoms with Crippen molar-refractivity contribution in [2.24, 2.45) is 4.99 Å². The van der Waals surface area contributed by atoms with E-state index in [1.807, 2.05) is 13.1 Å². The van der Waals surface area contributed by atoms with Gasteiger partial charge in [-0.3, -0.25) is 4.99 Å². The Morgan fingerprint density at radius 2 is 2.04 bits per heavy atom. The van der Waals surface area contributed by atoms with Crippen molar-refractivity contribution < 1.29 is 9.90 Å². The van der Waals surface area contributed by atoms with Gasteiger partial charge in [0.1, 0.15) is 0 Å². The molecule has 1 atom stereocenters. The van der Waals surface area contributed by atoms with Crippen LogP contribution in [-0.4, -0.2) is 29.4 Å². The maximum absolute atomic E-state index is 11.2. The average molecular weight is 364 g/mol. The lowest BCUT2D eigenvalue weighted by Gasteiger charge is -2.47. The van der Waals surface area contributed by atoms with E-state index in [9.17, 15) is 9.90 Å². The second kappa shape index (κ2) is 7.18. The van der Waals surface area contributed by atoms with Crippen LogP contribution in [0.3, 0.4) is 0 Å². The topological polar surface area (TPSA) is 52.9 Å². The third kappa shape index (κ3) is 3.75. The van der Waals surface area contributed by atoms with E-state index in [1.54, 1.807) is 18.2 Å². The fraction of sp³-hybridized carbons (Fsp3) is 0.391. The predicted octanol–water partition coefficient (Wildman–Crippen LogP) is 5.56. The Labute approximate surface area is 161 Å². The molecule has 1 aliphatic heterocycles. The Kier molecular flexibility index (Phi) is 5.09. The summed E-state index contributed by atoms with van der Waals surface area (Å²) >= 11 is 0. The van der Waals surface area contributed by atoms with E-state index in [4.69, 9.17) is 0 Å². The summed E-state index contributed by atoms with van der Waals surface area (Å²) in [5.41, 5.74) is 5.77. The van der Waals surface area contributed by atoms with E-state index in [-0.39, 0.29) is 11.1 Å². The van der Waals surface area contributed by atoms with Gasteiger partial charge < -0.3 is 10.0 Å². The Bertz CT molecular complexity index is 899. The Hall–Kier alpha value is -2.62. The van der Waals surface area contributed by atoms with Crippen molar-refractivity contribution >= 4 is 23.6 Å². The normalized spacial score (nSPS) is 18.6. The predicted molar refractivity (Wildman–Crippen MR) is 112 cm³/mol. The van der Waals surface area contributed by atoms with Crippen LogP contribution < -0.4 is 4.90 Å². The molecule has 4 nitrogen and oxygen atoms in total. The fourth-order valence-corrected chi connectivity index (χ4v) is 4.21. The molecule has 27 heavy (non-hydrogen) atoms. The van der Waals surface area contributed by atoms with Crippen molar-refractivity contribution in [1.82, 2.24) is 0 Å². The first-order chi connectivity index (χ1) is 12.7. The minimum Gasteiger partial charge on any atom is -0.478 e. The van der Waals surface area contributed by atoms with Gasteiger partial charge in [-0.1, -0.05) is 19.1 Å². The molecule has 0 aliphatic carbocycles. The highest BCUT2D eigenvalue weighted by molar-refractivity contribution is 5.90. The Morgan fingerprint density at radius 1 is 1.30 bits per heavy atom. The molecule has 0 saturated carbocycles. The molecule has 2 aromatic carbocycles. The van der Waals surface area contributed by atoms with E-state index in [0.29, 0.717) is 11.6 Å². The maximum Gasteiger partial charge on any atom is 0.335 e. The van der Waals surface area contributed by atoms with Crippen LogP contribution >= 0.6 is 0 Å². The largest absolute Gasteiger partial charge is 0.478 e. The van der Waals surface area contributed by atoms with Crippen molar-refractivity contribution in [3.05, 3.63) is 58.7 Å². The van der Waals surface area contributed by atoms with Crippen molar-refractivity contribution in [2.75, 3.05) is 11.4 Å². The van der Waals surface area contributed by atoms with Gasteiger partial charge in [0.2, 0.25) is 0 Å². The minimum atomic E-state index is -0.934. The molecule has 0 spiro atoms. The minimum absolute atomic E-state index is 0.158. The number of carboxylic acid groups (broad SMARTS) is 1. The molecular weight excluding hydrogens is 336 g/mol. The van der Waals surface area contributed by atoms with Crippen LogP contribution in [0.5, 0.6) is 0 Å². The van der Waals surface area contributed by atoms with Gasteiger partial charge in [0.25, 0.3) is 0 Å². The van der Waals surface area contributed by atoms with E-state index in [0.717, 1.165) is 24.1 Å². The van der Waals surface area contributed by atoms with Crippen molar-refractivity contribution in [3.8, 4) is 0 Å². The third-order valence-electron chi connectivity index (χ3n) is 5.53. The monoisotopic (exact) mass is 364 g/mol. The van der Waals surface area contributed by atoms with Crippen LogP contribution in [-0.2, 0) is 0 Å². The average Bonchev–Trinajstić information content (AvgIpc) is 2.60. The number of carboxylic acids is 1. The zero-order valence-electron chi connectivity index (χ0n) is 16.8. The van der Waals surface area contributed by atoms with Gasteiger partial charge in [0, 0.05) is 24.0 Å². The lowest BCUT2D eigenvalue weighted by molar-refractivity contribution is 0.0697. The highest BCUT2D eigenvalue weighted by Gasteiger charge is 2.35. The van der Waals surface area contributed by atoms with Gasteiger partial charge in [-0.15, -0.1) is 0 Å². The van der Waals surface area contributed by atoms with Crippen LogP contribution in [0.1, 0.15) is 67.1 Å². The summed E-state index contributed by atoms with van der Waals surface area (Å²) in [6.07, 6.45) is 2.95. The lowest BCUT2D eigenvalue weighted by Crippen LogP contribution is -2.48. The molecule has 3 rings (SSSR count). The maximum atomic E-state index is 11.2. The molecule has 1 heterocycles. The van der Waals surface area contributed by atoms with Gasteiger partial charge in [-0.25, -0.2) is 4.79 Å². The number of fused-ring (bicyclic) bond motifs is 1. The van der Waals surface area contributed by atoms with Gasteiger partial charge in [-0.2, -0.15) is 0 Å². The molecule has 1 unspecified atom stereocenters. The van der Waals surface area contributed by atoms with Crippen molar-refractivity contribution in [2.45, 2.75) is 52.5 Å². The molecule has 0 fully saturated rings. The first kappa shape index (κ1) is 19.2. The molecule has 142 valence electrons. The van der Waals surface area contributed by atoms with Crippen molar-refractivity contribution in [1.29, 1.82) is 0 Å². The molecule has 2 aromatic rings. The van der Waals surface area contributed by atoms with E-state index < -0.39 is 5.97 Å². The summed E-state index contributed by atoms with van der Waals surface area (Å²) < 4.78 is 0.